The van der Waals surface area contributed by atoms with Gasteiger partial charge in [-0.25, -0.2) is 4.98 Å². The Balaban J connectivity index is 2.12. The van der Waals surface area contributed by atoms with Crippen LogP contribution in [0.3, 0.4) is 0 Å². The summed E-state index contributed by atoms with van der Waals surface area (Å²) in [6, 6.07) is 0. The molecule has 0 radical (unpaired) electrons. The molecule has 0 aromatic carbocycles. The molecule has 118 valence electrons. The van der Waals surface area contributed by atoms with Crippen LogP contribution >= 0.6 is 11.8 Å². The van der Waals surface area contributed by atoms with Gasteiger partial charge in [-0.1, -0.05) is 57.0 Å². The standard InChI is InChI=1S/C18H30N2S/c1-7-15-9-8-10-16(13(15)2)14(3)18(4,5)21-17-19-11-12-20(17)6/h11-13,15-16H,3,7-10H2,1-2,4-6H3. The van der Waals surface area contributed by atoms with Gasteiger partial charge in [-0.2, -0.15) is 0 Å². The monoisotopic (exact) mass is 306 g/mol. The Labute approximate surface area is 134 Å². The van der Waals surface area contributed by atoms with Crippen LogP contribution in [0.15, 0.2) is 29.7 Å². The van der Waals surface area contributed by atoms with Gasteiger partial charge in [0.25, 0.3) is 0 Å². The third-order valence-corrected chi connectivity index (χ3v) is 6.69. The Morgan fingerprint density at radius 3 is 2.76 bits per heavy atom. The van der Waals surface area contributed by atoms with Gasteiger partial charge in [0, 0.05) is 24.2 Å². The SMILES string of the molecule is C=C(C1CCCC(CC)C1C)C(C)(C)Sc1nccn1C. The van der Waals surface area contributed by atoms with Gasteiger partial charge in [0.05, 0.1) is 0 Å². The molecular formula is C18H30N2S. The first-order valence-corrected chi connectivity index (χ1v) is 9.04. The lowest BCUT2D eigenvalue weighted by atomic mass is 9.67. The van der Waals surface area contributed by atoms with Crippen molar-refractivity contribution in [2.45, 2.75) is 63.3 Å². The molecule has 21 heavy (non-hydrogen) atoms. The third kappa shape index (κ3) is 3.56. The summed E-state index contributed by atoms with van der Waals surface area (Å²) in [6.07, 6.45) is 9.25. The van der Waals surface area contributed by atoms with Gasteiger partial charge in [-0.15, -0.1) is 0 Å². The summed E-state index contributed by atoms with van der Waals surface area (Å²) in [7, 11) is 2.06. The first kappa shape index (κ1) is 16.7. The number of rotatable bonds is 5. The highest BCUT2D eigenvalue weighted by atomic mass is 32.2. The zero-order valence-corrected chi connectivity index (χ0v) is 15.0. The summed E-state index contributed by atoms with van der Waals surface area (Å²) in [4.78, 5) is 4.46. The first-order valence-electron chi connectivity index (χ1n) is 8.22. The average molecular weight is 307 g/mol. The number of nitrogens with zero attached hydrogens (tertiary/aromatic N) is 2. The van der Waals surface area contributed by atoms with Gasteiger partial charge in [0.2, 0.25) is 0 Å². The van der Waals surface area contributed by atoms with Crippen molar-refractivity contribution in [2.24, 2.45) is 24.8 Å². The van der Waals surface area contributed by atoms with Crippen molar-refractivity contribution >= 4 is 11.8 Å². The fourth-order valence-corrected chi connectivity index (χ4v) is 4.77. The molecule has 0 amide bonds. The Hall–Kier alpha value is -0.700. The molecule has 0 N–H and O–H groups in total. The number of imidazole rings is 1. The quantitative estimate of drug-likeness (QED) is 0.542. The summed E-state index contributed by atoms with van der Waals surface area (Å²) in [5.41, 5.74) is 1.40. The molecule has 1 aromatic rings. The zero-order valence-electron chi connectivity index (χ0n) is 14.2. The van der Waals surface area contributed by atoms with E-state index < -0.39 is 0 Å². The van der Waals surface area contributed by atoms with Crippen molar-refractivity contribution in [3.8, 4) is 0 Å². The number of aryl methyl sites for hydroxylation is 1. The number of hydrogen-bond acceptors (Lipinski definition) is 2. The molecule has 1 saturated carbocycles. The van der Waals surface area contributed by atoms with Gasteiger partial charge in [0.15, 0.2) is 5.16 Å². The summed E-state index contributed by atoms with van der Waals surface area (Å²) in [5, 5.41) is 1.08. The molecule has 1 aromatic heterocycles. The first-order chi connectivity index (χ1) is 9.86. The van der Waals surface area contributed by atoms with Gasteiger partial charge in [0.1, 0.15) is 0 Å². The molecule has 3 heteroatoms. The Kier molecular flexibility index (Phi) is 5.24. The minimum Gasteiger partial charge on any atom is -0.329 e. The van der Waals surface area contributed by atoms with Gasteiger partial charge in [-0.05, 0) is 38.0 Å². The van der Waals surface area contributed by atoms with E-state index >= 15 is 0 Å². The highest BCUT2D eigenvalue weighted by Gasteiger charge is 2.37. The minimum absolute atomic E-state index is 0.0354. The second kappa shape index (κ2) is 6.60. The van der Waals surface area contributed by atoms with Crippen LogP contribution in [0.25, 0.3) is 0 Å². The van der Waals surface area contributed by atoms with Crippen LogP contribution in [0, 0.1) is 17.8 Å². The number of thioether (sulfide) groups is 1. The predicted octanol–water partition coefficient (Wildman–Crippen LogP) is 5.31. The number of hydrogen-bond donors (Lipinski definition) is 0. The van der Waals surface area contributed by atoms with E-state index in [0.717, 1.165) is 17.0 Å². The lowest BCUT2D eigenvalue weighted by Crippen LogP contribution is -2.33. The van der Waals surface area contributed by atoms with Crippen molar-refractivity contribution in [3.05, 3.63) is 24.5 Å². The molecule has 2 nitrogen and oxygen atoms in total. The van der Waals surface area contributed by atoms with E-state index in [9.17, 15) is 0 Å². The van der Waals surface area contributed by atoms with Crippen LogP contribution in [0.2, 0.25) is 0 Å². The van der Waals surface area contributed by atoms with Crippen molar-refractivity contribution < 1.29 is 0 Å². The molecule has 2 rings (SSSR count). The van der Waals surface area contributed by atoms with E-state index in [2.05, 4.69) is 50.9 Å². The summed E-state index contributed by atoms with van der Waals surface area (Å²) in [5.74, 6) is 2.29. The van der Waals surface area contributed by atoms with E-state index in [1.807, 2.05) is 24.2 Å². The fourth-order valence-electron chi connectivity index (χ4n) is 3.71. The predicted molar refractivity (Wildman–Crippen MR) is 92.6 cm³/mol. The lowest BCUT2D eigenvalue weighted by molar-refractivity contribution is 0.184. The van der Waals surface area contributed by atoms with Crippen molar-refractivity contribution in [3.63, 3.8) is 0 Å². The maximum Gasteiger partial charge on any atom is 0.168 e. The van der Waals surface area contributed by atoms with Crippen LogP contribution in [0.1, 0.15) is 53.4 Å². The second-order valence-electron chi connectivity index (χ2n) is 7.02. The van der Waals surface area contributed by atoms with E-state index in [4.69, 9.17) is 0 Å². The Morgan fingerprint density at radius 2 is 2.19 bits per heavy atom. The molecule has 0 spiro atoms. The van der Waals surface area contributed by atoms with E-state index in [-0.39, 0.29) is 4.75 Å². The van der Waals surface area contributed by atoms with Gasteiger partial charge < -0.3 is 4.57 Å². The van der Waals surface area contributed by atoms with E-state index in [1.165, 1.54) is 31.3 Å². The smallest absolute Gasteiger partial charge is 0.168 e. The maximum atomic E-state index is 4.52. The molecule has 0 aliphatic heterocycles. The highest BCUT2D eigenvalue weighted by molar-refractivity contribution is 8.00. The maximum absolute atomic E-state index is 4.52. The van der Waals surface area contributed by atoms with Gasteiger partial charge >= 0.3 is 0 Å². The largest absolute Gasteiger partial charge is 0.329 e. The molecular weight excluding hydrogens is 276 g/mol. The van der Waals surface area contributed by atoms with Crippen LogP contribution in [-0.2, 0) is 7.05 Å². The van der Waals surface area contributed by atoms with E-state index in [1.54, 1.807) is 0 Å². The summed E-state index contributed by atoms with van der Waals surface area (Å²) >= 11 is 1.84. The molecule has 0 saturated heterocycles. The molecule has 1 heterocycles. The molecule has 1 aliphatic rings. The zero-order chi connectivity index (χ0) is 15.6. The van der Waals surface area contributed by atoms with Crippen molar-refractivity contribution in [1.82, 2.24) is 9.55 Å². The normalized spacial score (nSPS) is 26.8. The van der Waals surface area contributed by atoms with Crippen molar-refractivity contribution in [2.75, 3.05) is 0 Å². The minimum atomic E-state index is 0.0354. The van der Waals surface area contributed by atoms with Gasteiger partial charge in [-0.3, -0.25) is 0 Å². The Bertz CT molecular complexity index is 489. The fraction of sp³-hybridized carbons (Fsp3) is 0.722. The highest BCUT2D eigenvalue weighted by Crippen LogP contribution is 2.47. The number of aromatic nitrogens is 2. The molecule has 1 fully saturated rings. The van der Waals surface area contributed by atoms with Crippen LogP contribution < -0.4 is 0 Å². The second-order valence-corrected chi connectivity index (χ2v) is 8.61. The molecule has 3 atom stereocenters. The Morgan fingerprint density at radius 1 is 1.48 bits per heavy atom. The topological polar surface area (TPSA) is 17.8 Å². The van der Waals surface area contributed by atoms with Crippen LogP contribution in [-0.4, -0.2) is 14.3 Å². The summed E-state index contributed by atoms with van der Waals surface area (Å²) in [6.45, 7) is 13.9. The lowest BCUT2D eigenvalue weighted by Gasteiger charge is -2.41. The van der Waals surface area contributed by atoms with Crippen molar-refractivity contribution in [1.29, 1.82) is 0 Å². The summed E-state index contributed by atoms with van der Waals surface area (Å²) < 4.78 is 2.13. The average Bonchev–Trinajstić information content (AvgIpc) is 2.83. The molecule has 0 bridgehead atoms. The third-order valence-electron chi connectivity index (χ3n) is 5.34. The molecule has 3 unspecified atom stereocenters. The van der Waals surface area contributed by atoms with E-state index in [0.29, 0.717) is 5.92 Å². The van der Waals surface area contributed by atoms with Crippen LogP contribution in [0.5, 0.6) is 0 Å². The molecule has 1 aliphatic carbocycles. The van der Waals surface area contributed by atoms with Crippen LogP contribution in [0.4, 0.5) is 0 Å².